The number of esters is 1. The predicted molar refractivity (Wildman–Crippen MR) is 114 cm³/mol. The van der Waals surface area contributed by atoms with E-state index in [2.05, 4.69) is 19.7 Å². The van der Waals surface area contributed by atoms with Gasteiger partial charge in [-0.1, -0.05) is 19.0 Å². The summed E-state index contributed by atoms with van der Waals surface area (Å²) in [6.45, 7) is 4.00. The molecule has 0 aliphatic carbocycles. The monoisotopic (exact) mass is 555 g/mol. The van der Waals surface area contributed by atoms with Crippen LogP contribution in [-0.4, -0.2) is 34.4 Å². The van der Waals surface area contributed by atoms with Crippen LogP contribution in [0.5, 0.6) is 0 Å². The summed E-state index contributed by atoms with van der Waals surface area (Å²) in [5.41, 5.74) is -9.60. The third kappa shape index (κ3) is 5.00. The molecule has 206 valence electrons. The first-order valence-electron chi connectivity index (χ1n) is 10.7. The Labute approximate surface area is 208 Å². The second-order valence-corrected chi connectivity index (χ2v) is 7.67. The highest BCUT2D eigenvalue weighted by molar-refractivity contribution is 6.03. The number of carbonyl (C=O) groups excluding carboxylic acids is 1. The van der Waals surface area contributed by atoms with E-state index in [4.69, 9.17) is 0 Å². The van der Waals surface area contributed by atoms with Gasteiger partial charge in [-0.3, -0.25) is 4.40 Å². The minimum atomic E-state index is -5.48. The highest BCUT2D eigenvalue weighted by Gasteiger charge is 2.63. The van der Waals surface area contributed by atoms with Crippen LogP contribution >= 0.6 is 0 Å². The largest absolute Gasteiger partial charge is 0.465 e. The Morgan fingerprint density at radius 3 is 2.05 bits per heavy atom. The first-order chi connectivity index (χ1) is 17.6. The number of ether oxygens (including phenoxy) is 1. The van der Waals surface area contributed by atoms with Crippen LogP contribution in [-0.2, 0) is 27.5 Å². The molecule has 15 heteroatoms. The molecule has 0 fully saturated rings. The quantitative estimate of drug-likeness (QED) is 0.265. The maximum atomic E-state index is 14.3. The summed E-state index contributed by atoms with van der Waals surface area (Å²) < 4.78 is 128. The number of carbonyl (C=O) groups is 1. The molecular weight excluding hydrogens is 537 g/mol. The van der Waals surface area contributed by atoms with Crippen molar-refractivity contribution in [3.05, 3.63) is 70.7 Å². The summed E-state index contributed by atoms with van der Waals surface area (Å²) in [7, 11) is 1.09. The van der Waals surface area contributed by atoms with E-state index in [9.17, 15) is 44.3 Å². The Morgan fingerprint density at radius 1 is 0.974 bits per heavy atom. The van der Waals surface area contributed by atoms with Gasteiger partial charge in [0.15, 0.2) is 5.65 Å². The van der Waals surface area contributed by atoms with Gasteiger partial charge >= 0.3 is 24.5 Å². The fourth-order valence-corrected chi connectivity index (χ4v) is 3.75. The van der Waals surface area contributed by atoms with Crippen molar-refractivity contribution in [3.63, 3.8) is 0 Å². The molecule has 1 atom stereocenters. The molecule has 3 heterocycles. The van der Waals surface area contributed by atoms with Crippen LogP contribution < -0.4 is 0 Å². The summed E-state index contributed by atoms with van der Waals surface area (Å²) in [4.78, 5) is 20.5. The minimum Gasteiger partial charge on any atom is -0.465 e. The summed E-state index contributed by atoms with van der Waals surface area (Å²) in [5.74, 6) is -0.810. The first-order valence-corrected chi connectivity index (χ1v) is 10.7. The molecule has 0 spiro atoms. The second kappa shape index (κ2) is 9.83. The average molecular weight is 555 g/mol. The molecule has 6 nitrogen and oxygen atoms in total. The number of hydrogen-bond acceptors (Lipinski definition) is 5. The fraction of sp³-hybridized carbons (Fsp3) is 0.348. The molecule has 0 radical (unpaired) electrons. The highest BCUT2D eigenvalue weighted by Crippen LogP contribution is 2.50. The summed E-state index contributed by atoms with van der Waals surface area (Å²) >= 11 is 0. The number of nitrogens with zero attached hydrogens (tertiary/aromatic N) is 3. The SMILES string of the molecule is CC.COC(=O)c1ccc(C2=NOC(c3cc(C(F)(F)F)cc(C(F)(F)F)c3)(C(F)(F)F)C2)n2ccnc12. The van der Waals surface area contributed by atoms with Crippen LogP contribution in [0, 0.1) is 0 Å². The number of pyridine rings is 1. The maximum absolute atomic E-state index is 14.3. The first kappa shape index (κ1) is 28.8. The number of hydrogen-bond donors (Lipinski definition) is 0. The van der Waals surface area contributed by atoms with E-state index in [1.807, 2.05) is 13.8 Å². The topological polar surface area (TPSA) is 65.2 Å². The zero-order valence-electron chi connectivity index (χ0n) is 19.7. The van der Waals surface area contributed by atoms with Crippen molar-refractivity contribution >= 4 is 17.3 Å². The molecule has 3 aromatic rings. The van der Waals surface area contributed by atoms with Crippen molar-refractivity contribution in [2.45, 2.75) is 44.4 Å². The Bertz CT molecular complexity index is 1340. The Hall–Kier alpha value is -3.78. The van der Waals surface area contributed by atoms with Gasteiger partial charge in [0.1, 0.15) is 11.3 Å². The number of alkyl halides is 9. The van der Waals surface area contributed by atoms with Crippen molar-refractivity contribution in [3.8, 4) is 0 Å². The van der Waals surface area contributed by atoms with Gasteiger partial charge in [0.25, 0.3) is 5.60 Å². The summed E-state index contributed by atoms with van der Waals surface area (Å²) in [6.07, 6.45) is -15.0. The van der Waals surface area contributed by atoms with E-state index in [0.29, 0.717) is 0 Å². The molecule has 0 saturated carbocycles. The van der Waals surface area contributed by atoms with Crippen LogP contribution in [0.15, 0.2) is 47.9 Å². The van der Waals surface area contributed by atoms with E-state index in [1.165, 1.54) is 24.5 Å². The van der Waals surface area contributed by atoms with E-state index >= 15 is 0 Å². The number of oxime groups is 1. The van der Waals surface area contributed by atoms with Gasteiger partial charge in [0, 0.05) is 18.0 Å². The van der Waals surface area contributed by atoms with Crippen molar-refractivity contribution in [2.75, 3.05) is 7.11 Å². The van der Waals surface area contributed by atoms with Crippen molar-refractivity contribution in [1.29, 1.82) is 0 Å². The molecule has 4 rings (SSSR count). The number of rotatable bonds is 3. The normalized spacial score (nSPS) is 17.9. The lowest BCUT2D eigenvalue weighted by atomic mass is 9.85. The molecule has 0 bridgehead atoms. The molecule has 0 amide bonds. The van der Waals surface area contributed by atoms with E-state index in [0.717, 1.165) is 11.5 Å². The maximum Gasteiger partial charge on any atom is 0.435 e. The van der Waals surface area contributed by atoms with Crippen LogP contribution in [0.4, 0.5) is 39.5 Å². The lowest BCUT2D eigenvalue weighted by Gasteiger charge is -2.30. The van der Waals surface area contributed by atoms with Gasteiger partial charge in [-0.05, 0) is 30.3 Å². The number of halogens is 9. The number of benzene rings is 1. The number of imidazole rings is 1. The standard InChI is InChI=1S/C21H12F9N3O3.C2H6/c1-35-17(34)13-2-3-15(33-5-4-31-16(13)33)14-9-18(36-32-14,21(28,29)30)10-6-11(19(22,23)24)8-12(7-10)20(25,26)27;1-2/h2-8H,9H2,1H3;1-2H3. The highest BCUT2D eigenvalue weighted by atomic mass is 19.4. The van der Waals surface area contributed by atoms with Crippen molar-refractivity contribution in [1.82, 2.24) is 9.38 Å². The number of methoxy groups -OCH3 is 1. The third-order valence-electron chi connectivity index (χ3n) is 5.49. The summed E-state index contributed by atoms with van der Waals surface area (Å²) in [6, 6.07) is 1.96. The van der Waals surface area contributed by atoms with Crippen LogP contribution in [0.3, 0.4) is 0 Å². The van der Waals surface area contributed by atoms with Crippen LogP contribution in [0.2, 0.25) is 0 Å². The lowest BCUT2D eigenvalue weighted by Crippen LogP contribution is -2.43. The van der Waals surface area contributed by atoms with Crippen LogP contribution in [0.25, 0.3) is 5.65 Å². The van der Waals surface area contributed by atoms with Gasteiger partial charge < -0.3 is 9.57 Å². The van der Waals surface area contributed by atoms with E-state index in [1.54, 1.807) is 0 Å². The molecule has 2 aromatic heterocycles. The van der Waals surface area contributed by atoms with Gasteiger partial charge in [-0.15, -0.1) is 0 Å². The Kier molecular flexibility index (Phi) is 7.45. The van der Waals surface area contributed by atoms with Gasteiger partial charge in [-0.25, -0.2) is 9.78 Å². The van der Waals surface area contributed by atoms with Crippen molar-refractivity contribution < 1.29 is 53.9 Å². The van der Waals surface area contributed by atoms with E-state index < -0.39 is 58.9 Å². The lowest BCUT2D eigenvalue weighted by molar-refractivity contribution is -0.276. The average Bonchev–Trinajstić information content (AvgIpc) is 3.51. The Morgan fingerprint density at radius 2 is 1.55 bits per heavy atom. The zero-order chi connectivity index (χ0) is 28.7. The van der Waals surface area contributed by atoms with Gasteiger partial charge in [0.05, 0.1) is 30.4 Å². The predicted octanol–water partition coefficient (Wildman–Crippen LogP) is 6.77. The zero-order valence-corrected chi connectivity index (χ0v) is 19.7. The smallest absolute Gasteiger partial charge is 0.435 e. The molecule has 0 saturated heterocycles. The fourth-order valence-electron chi connectivity index (χ4n) is 3.75. The molecule has 1 unspecified atom stereocenters. The van der Waals surface area contributed by atoms with Gasteiger partial charge in [-0.2, -0.15) is 39.5 Å². The molecule has 1 aromatic carbocycles. The van der Waals surface area contributed by atoms with Crippen molar-refractivity contribution in [2.24, 2.45) is 5.16 Å². The number of aromatic nitrogens is 2. The minimum absolute atomic E-state index is 0.0371. The third-order valence-corrected chi connectivity index (χ3v) is 5.49. The molecule has 1 aliphatic rings. The second-order valence-electron chi connectivity index (χ2n) is 7.67. The van der Waals surface area contributed by atoms with E-state index in [-0.39, 0.29) is 35.1 Å². The Balaban J connectivity index is 0.00000195. The molecule has 38 heavy (non-hydrogen) atoms. The van der Waals surface area contributed by atoms with Gasteiger partial charge in [0.2, 0.25) is 0 Å². The molecule has 1 aliphatic heterocycles. The number of fused-ring (bicyclic) bond motifs is 1. The van der Waals surface area contributed by atoms with Crippen LogP contribution in [0.1, 0.15) is 53.0 Å². The summed E-state index contributed by atoms with van der Waals surface area (Å²) in [5, 5.41) is 3.38. The molecule has 0 N–H and O–H groups in total. The molecular formula is C23H18F9N3O3.